The molecule has 1 atom stereocenters. The highest BCUT2D eigenvalue weighted by molar-refractivity contribution is 5.89. The van der Waals surface area contributed by atoms with Crippen molar-refractivity contribution in [2.45, 2.75) is 38.8 Å². The number of carbonyl (C=O) groups is 1. The van der Waals surface area contributed by atoms with Crippen LogP contribution in [-0.4, -0.2) is 45.2 Å². The Morgan fingerprint density at radius 3 is 2.90 bits per heavy atom. The molecule has 6 heteroatoms. The van der Waals surface area contributed by atoms with Gasteiger partial charge in [-0.3, -0.25) is 9.30 Å². The maximum Gasteiger partial charge on any atom is 0.339 e. The van der Waals surface area contributed by atoms with Crippen LogP contribution in [-0.2, 0) is 4.74 Å². The third-order valence-electron chi connectivity index (χ3n) is 4.11. The van der Waals surface area contributed by atoms with Gasteiger partial charge in [0.2, 0.25) is 0 Å². The number of rotatable bonds is 3. The molecule has 1 saturated heterocycles. The number of pyridine rings is 1. The first-order valence-electron chi connectivity index (χ1n) is 7.30. The molecule has 112 valence electrons. The van der Waals surface area contributed by atoms with Gasteiger partial charge in [0, 0.05) is 12.2 Å². The Kier molecular flexibility index (Phi) is 3.63. The van der Waals surface area contributed by atoms with E-state index in [-0.39, 0.29) is 12.0 Å². The number of ether oxygens (including phenoxy) is 1. The average molecular weight is 288 g/mol. The summed E-state index contributed by atoms with van der Waals surface area (Å²) in [6.45, 7) is 5.47. The number of hydrogen-bond acceptors (Lipinski definition) is 5. The van der Waals surface area contributed by atoms with Gasteiger partial charge in [0.25, 0.3) is 0 Å². The molecule has 2 aromatic heterocycles. The molecule has 2 aromatic rings. The minimum Gasteiger partial charge on any atom is -0.465 e. The van der Waals surface area contributed by atoms with Gasteiger partial charge < -0.3 is 4.74 Å². The molecule has 1 aliphatic rings. The largest absolute Gasteiger partial charge is 0.465 e. The summed E-state index contributed by atoms with van der Waals surface area (Å²) in [5.74, 6) is 0.561. The van der Waals surface area contributed by atoms with Gasteiger partial charge in [-0.2, -0.15) is 0 Å². The van der Waals surface area contributed by atoms with Crippen molar-refractivity contribution in [3.05, 3.63) is 29.7 Å². The molecule has 0 spiro atoms. The SMILES string of the molecule is COC(=O)c1ccc2nnc(C3CCCN3C(C)C)n2c1. The van der Waals surface area contributed by atoms with Gasteiger partial charge in [-0.1, -0.05) is 0 Å². The smallest absolute Gasteiger partial charge is 0.339 e. The average Bonchev–Trinajstić information content (AvgIpc) is 3.11. The highest BCUT2D eigenvalue weighted by Crippen LogP contribution is 2.32. The molecule has 1 unspecified atom stereocenters. The third kappa shape index (κ3) is 2.40. The van der Waals surface area contributed by atoms with E-state index in [2.05, 4.69) is 28.9 Å². The molecule has 0 N–H and O–H groups in total. The number of likely N-dealkylation sites (tertiary alicyclic amines) is 1. The zero-order valence-electron chi connectivity index (χ0n) is 12.6. The molecule has 0 aliphatic carbocycles. The summed E-state index contributed by atoms with van der Waals surface area (Å²) >= 11 is 0. The van der Waals surface area contributed by atoms with E-state index in [0.717, 1.165) is 30.9 Å². The van der Waals surface area contributed by atoms with Crippen molar-refractivity contribution in [3.63, 3.8) is 0 Å². The van der Waals surface area contributed by atoms with Gasteiger partial charge in [-0.05, 0) is 45.4 Å². The van der Waals surface area contributed by atoms with Crippen LogP contribution in [0.3, 0.4) is 0 Å². The van der Waals surface area contributed by atoms with Crippen molar-refractivity contribution in [2.75, 3.05) is 13.7 Å². The number of aromatic nitrogens is 3. The Hall–Kier alpha value is -1.95. The van der Waals surface area contributed by atoms with E-state index >= 15 is 0 Å². The van der Waals surface area contributed by atoms with E-state index in [1.54, 1.807) is 18.3 Å². The summed E-state index contributed by atoms with van der Waals surface area (Å²) in [7, 11) is 1.39. The van der Waals surface area contributed by atoms with Crippen LogP contribution in [0, 0.1) is 0 Å². The van der Waals surface area contributed by atoms with Gasteiger partial charge in [-0.15, -0.1) is 10.2 Å². The van der Waals surface area contributed by atoms with E-state index in [4.69, 9.17) is 4.74 Å². The Labute approximate surface area is 123 Å². The van der Waals surface area contributed by atoms with E-state index < -0.39 is 0 Å². The van der Waals surface area contributed by atoms with Crippen molar-refractivity contribution >= 4 is 11.6 Å². The molecule has 0 bridgehead atoms. The fourth-order valence-electron chi connectivity index (χ4n) is 3.06. The second kappa shape index (κ2) is 5.44. The second-order valence-electron chi connectivity index (χ2n) is 5.69. The summed E-state index contributed by atoms with van der Waals surface area (Å²) < 4.78 is 6.70. The number of hydrogen-bond donors (Lipinski definition) is 0. The van der Waals surface area contributed by atoms with Gasteiger partial charge in [0.05, 0.1) is 18.7 Å². The zero-order valence-corrected chi connectivity index (χ0v) is 12.6. The molecule has 1 aliphatic heterocycles. The number of fused-ring (bicyclic) bond motifs is 1. The van der Waals surface area contributed by atoms with Crippen LogP contribution in [0.4, 0.5) is 0 Å². The van der Waals surface area contributed by atoms with Crippen molar-refractivity contribution < 1.29 is 9.53 Å². The van der Waals surface area contributed by atoms with Crippen LogP contribution in [0.2, 0.25) is 0 Å². The Morgan fingerprint density at radius 2 is 2.19 bits per heavy atom. The summed E-state index contributed by atoms with van der Waals surface area (Å²) in [5, 5.41) is 8.57. The topological polar surface area (TPSA) is 59.7 Å². The molecule has 0 aromatic carbocycles. The lowest BCUT2D eigenvalue weighted by Crippen LogP contribution is -2.31. The lowest BCUT2D eigenvalue weighted by atomic mass is 10.2. The van der Waals surface area contributed by atoms with Gasteiger partial charge >= 0.3 is 5.97 Å². The molecule has 1 fully saturated rings. The normalized spacial score (nSPS) is 19.5. The van der Waals surface area contributed by atoms with E-state index in [1.807, 2.05) is 4.40 Å². The second-order valence-corrected chi connectivity index (χ2v) is 5.69. The molecule has 3 heterocycles. The molecule has 0 radical (unpaired) electrons. The highest BCUT2D eigenvalue weighted by Gasteiger charge is 2.31. The predicted octanol–water partition coefficient (Wildman–Crippen LogP) is 2.06. The summed E-state index contributed by atoms with van der Waals surface area (Å²) in [6, 6.07) is 4.24. The highest BCUT2D eigenvalue weighted by atomic mass is 16.5. The Bertz CT molecular complexity index is 665. The fourth-order valence-corrected chi connectivity index (χ4v) is 3.06. The van der Waals surface area contributed by atoms with Crippen LogP contribution in [0.15, 0.2) is 18.3 Å². The fraction of sp³-hybridized carbons (Fsp3) is 0.533. The summed E-state index contributed by atoms with van der Waals surface area (Å²) in [6.07, 6.45) is 4.00. The maximum absolute atomic E-state index is 11.7. The van der Waals surface area contributed by atoms with E-state index in [9.17, 15) is 4.79 Å². The van der Waals surface area contributed by atoms with Crippen molar-refractivity contribution in [1.29, 1.82) is 0 Å². The van der Waals surface area contributed by atoms with Gasteiger partial charge in [-0.25, -0.2) is 4.79 Å². The first-order valence-corrected chi connectivity index (χ1v) is 7.30. The Morgan fingerprint density at radius 1 is 1.38 bits per heavy atom. The first-order chi connectivity index (χ1) is 10.1. The molecule has 6 nitrogen and oxygen atoms in total. The summed E-state index contributed by atoms with van der Waals surface area (Å²) in [5.41, 5.74) is 1.27. The van der Waals surface area contributed by atoms with Crippen molar-refractivity contribution in [3.8, 4) is 0 Å². The van der Waals surface area contributed by atoms with Crippen LogP contribution in [0.25, 0.3) is 5.65 Å². The van der Waals surface area contributed by atoms with Crippen molar-refractivity contribution in [2.24, 2.45) is 0 Å². The van der Waals surface area contributed by atoms with Crippen LogP contribution in [0.5, 0.6) is 0 Å². The van der Waals surface area contributed by atoms with Crippen LogP contribution >= 0.6 is 0 Å². The van der Waals surface area contributed by atoms with E-state index in [0.29, 0.717) is 11.6 Å². The zero-order chi connectivity index (χ0) is 15.0. The van der Waals surface area contributed by atoms with E-state index in [1.165, 1.54) is 7.11 Å². The maximum atomic E-state index is 11.7. The van der Waals surface area contributed by atoms with Crippen LogP contribution < -0.4 is 0 Å². The third-order valence-corrected chi connectivity index (χ3v) is 4.11. The molecular weight excluding hydrogens is 268 g/mol. The standard InChI is InChI=1S/C15H20N4O2/c1-10(2)18-8-4-5-12(18)14-17-16-13-7-6-11(9-19(13)14)15(20)21-3/h6-7,9-10,12H,4-5,8H2,1-3H3. The lowest BCUT2D eigenvalue weighted by Gasteiger charge is -2.26. The number of esters is 1. The van der Waals surface area contributed by atoms with Crippen LogP contribution in [0.1, 0.15) is 48.9 Å². The minimum atomic E-state index is -0.344. The molecule has 3 rings (SSSR count). The van der Waals surface area contributed by atoms with Gasteiger partial charge in [0.15, 0.2) is 11.5 Å². The minimum absolute atomic E-state index is 0.257. The van der Waals surface area contributed by atoms with Crippen molar-refractivity contribution in [1.82, 2.24) is 19.5 Å². The number of methoxy groups -OCH3 is 1. The first kappa shape index (κ1) is 14.0. The molecule has 0 amide bonds. The number of nitrogens with zero attached hydrogens (tertiary/aromatic N) is 4. The quantitative estimate of drug-likeness (QED) is 0.809. The molecule has 21 heavy (non-hydrogen) atoms. The number of carbonyl (C=O) groups excluding carboxylic acids is 1. The molecular formula is C15H20N4O2. The monoisotopic (exact) mass is 288 g/mol. The Balaban J connectivity index is 2.04. The lowest BCUT2D eigenvalue weighted by molar-refractivity contribution is 0.0600. The van der Waals surface area contributed by atoms with Gasteiger partial charge in [0.1, 0.15) is 0 Å². The molecule has 0 saturated carbocycles. The predicted molar refractivity (Wildman–Crippen MR) is 78.1 cm³/mol. The summed E-state index contributed by atoms with van der Waals surface area (Å²) in [4.78, 5) is 14.1.